The monoisotopic (exact) mass is 292 g/mol. The lowest BCUT2D eigenvalue weighted by atomic mass is 10.2. The van der Waals surface area contributed by atoms with Crippen molar-refractivity contribution in [3.05, 3.63) is 23.8 Å². The van der Waals surface area contributed by atoms with Crippen molar-refractivity contribution in [3.8, 4) is 11.5 Å². The maximum Gasteiger partial charge on any atom is 0.161 e. The quantitative estimate of drug-likeness (QED) is 0.710. The van der Waals surface area contributed by atoms with Crippen molar-refractivity contribution in [1.82, 2.24) is 10.2 Å². The Morgan fingerprint density at radius 1 is 1.19 bits per heavy atom. The predicted molar refractivity (Wildman–Crippen MR) is 86.2 cm³/mol. The molecule has 1 saturated heterocycles. The summed E-state index contributed by atoms with van der Waals surface area (Å²) in [7, 11) is 1.70. The first-order valence-corrected chi connectivity index (χ1v) is 8.06. The van der Waals surface area contributed by atoms with Crippen molar-refractivity contribution < 1.29 is 9.47 Å². The van der Waals surface area contributed by atoms with E-state index in [-0.39, 0.29) is 0 Å². The molecule has 0 radical (unpaired) electrons. The fourth-order valence-electron chi connectivity index (χ4n) is 2.69. The van der Waals surface area contributed by atoms with E-state index in [4.69, 9.17) is 9.47 Å². The van der Waals surface area contributed by atoms with Gasteiger partial charge in [-0.25, -0.2) is 0 Å². The Morgan fingerprint density at radius 2 is 2.00 bits per heavy atom. The molecular formula is C17H28N2O2. The van der Waals surface area contributed by atoms with Crippen molar-refractivity contribution in [2.75, 3.05) is 39.9 Å². The summed E-state index contributed by atoms with van der Waals surface area (Å²) in [4.78, 5) is 2.51. The van der Waals surface area contributed by atoms with Gasteiger partial charge in [-0.2, -0.15) is 0 Å². The highest BCUT2D eigenvalue weighted by molar-refractivity contribution is 5.42. The number of methoxy groups -OCH3 is 1. The molecule has 0 aliphatic carbocycles. The third-order valence-electron chi connectivity index (χ3n) is 3.88. The van der Waals surface area contributed by atoms with Gasteiger partial charge in [-0.1, -0.05) is 13.0 Å². The van der Waals surface area contributed by atoms with Crippen LogP contribution >= 0.6 is 0 Å². The summed E-state index contributed by atoms with van der Waals surface area (Å²) < 4.78 is 11.3. The molecule has 4 heteroatoms. The van der Waals surface area contributed by atoms with Crippen LogP contribution in [0.25, 0.3) is 0 Å². The van der Waals surface area contributed by atoms with Crippen LogP contribution in [0, 0.1) is 0 Å². The average molecular weight is 292 g/mol. The third-order valence-corrected chi connectivity index (χ3v) is 3.88. The largest absolute Gasteiger partial charge is 0.493 e. The fourth-order valence-corrected chi connectivity index (χ4v) is 2.69. The Kier molecular flexibility index (Phi) is 6.83. The molecule has 0 saturated carbocycles. The SMILES string of the molecule is CCNCc1ccc(OCCCN2CCCC2)c(OC)c1. The van der Waals surface area contributed by atoms with Gasteiger partial charge in [-0.3, -0.25) is 0 Å². The normalized spacial score (nSPS) is 15.3. The highest BCUT2D eigenvalue weighted by Crippen LogP contribution is 2.28. The second kappa shape index (κ2) is 8.90. The van der Waals surface area contributed by atoms with Crippen LogP contribution in [-0.2, 0) is 6.54 Å². The lowest BCUT2D eigenvalue weighted by molar-refractivity contribution is 0.254. The first kappa shape index (κ1) is 16.1. The minimum Gasteiger partial charge on any atom is -0.493 e. The summed E-state index contributed by atoms with van der Waals surface area (Å²) in [5.74, 6) is 1.67. The highest BCUT2D eigenvalue weighted by atomic mass is 16.5. The molecule has 0 amide bonds. The average Bonchev–Trinajstić information content (AvgIpc) is 3.03. The molecule has 118 valence electrons. The molecule has 0 bridgehead atoms. The summed E-state index contributed by atoms with van der Waals surface area (Å²) in [6.07, 6.45) is 3.77. The van der Waals surface area contributed by atoms with Crippen LogP contribution in [0.4, 0.5) is 0 Å². The van der Waals surface area contributed by atoms with Crippen molar-refractivity contribution in [1.29, 1.82) is 0 Å². The smallest absolute Gasteiger partial charge is 0.161 e. The summed E-state index contributed by atoms with van der Waals surface area (Å²) in [6.45, 7) is 8.33. The number of nitrogens with one attached hydrogen (secondary N) is 1. The molecule has 1 aromatic carbocycles. The molecule has 0 aromatic heterocycles. The number of ether oxygens (including phenoxy) is 2. The van der Waals surface area contributed by atoms with Crippen molar-refractivity contribution in [3.63, 3.8) is 0 Å². The van der Waals surface area contributed by atoms with Gasteiger partial charge in [-0.05, 0) is 56.6 Å². The van der Waals surface area contributed by atoms with Gasteiger partial charge in [0.2, 0.25) is 0 Å². The summed E-state index contributed by atoms with van der Waals surface area (Å²) in [6, 6.07) is 6.17. The molecule has 1 aromatic rings. The second-order valence-corrected chi connectivity index (χ2v) is 5.52. The molecule has 1 fully saturated rings. The highest BCUT2D eigenvalue weighted by Gasteiger charge is 2.11. The Hall–Kier alpha value is -1.26. The van der Waals surface area contributed by atoms with Crippen LogP contribution in [0.1, 0.15) is 31.7 Å². The molecule has 2 rings (SSSR count). The molecule has 0 atom stereocenters. The number of rotatable bonds is 9. The van der Waals surface area contributed by atoms with Gasteiger partial charge in [0.15, 0.2) is 11.5 Å². The Labute approximate surface area is 128 Å². The van der Waals surface area contributed by atoms with E-state index in [2.05, 4.69) is 29.3 Å². The van der Waals surface area contributed by atoms with E-state index in [0.29, 0.717) is 0 Å². The summed E-state index contributed by atoms with van der Waals surface area (Å²) in [5, 5.41) is 3.32. The van der Waals surface area contributed by atoms with E-state index < -0.39 is 0 Å². The van der Waals surface area contributed by atoms with Crippen molar-refractivity contribution in [2.24, 2.45) is 0 Å². The predicted octanol–water partition coefficient (Wildman–Crippen LogP) is 2.67. The molecular weight excluding hydrogens is 264 g/mol. The zero-order valence-electron chi connectivity index (χ0n) is 13.4. The number of benzene rings is 1. The number of nitrogens with zero attached hydrogens (tertiary/aromatic N) is 1. The Morgan fingerprint density at radius 3 is 2.71 bits per heavy atom. The molecule has 4 nitrogen and oxygen atoms in total. The maximum absolute atomic E-state index is 5.88. The lowest BCUT2D eigenvalue weighted by Crippen LogP contribution is -2.21. The van der Waals surface area contributed by atoms with Crippen LogP contribution in [0.2, 0.25) is 0 Å². The minimum atomic E-state index is 0.749. The van der Waals surface area contributed by atoms with Gasteiger partial charge < -0.3 is 19.7 Å². The van der Waals surface area contributed by atoms with E-state index in [1.165, 1.54) is 31.5 Å². The number of hydrogen-bond donors (Lipinski definition) is 1. The molecule has 1 aliphatic heterocycles. The first-order chi connectivity index (χ1) is 10.3. The lowest BCUT2D eigenvalue weighted by Gasteiger charge is -2.16. The minimum absolute atomic E-state index is 0.749. The van der Waals surface area contributed by atoms with Crippen LogP contribution in [0.15, 0.2) is 18.2 Å². The Balaban J connectivity index is 1.78. The molecule has 1 N–H and O–H groups in total. The van der Waals surface area contributed by atoms with E-state index in [0.717, 1.165) is 44.2 Å². The topological polar surface area (TPSA) is 33.7 Å². The van der Waals surface area contributed by atoms with Crippen LogP contribution in [-0.4, -0.2) is 44.8 Å². The Bertz CT molecular complexity index is 417. The summed E-state index contributed by atoms with van der Waals surface area (Å²) in [5.41, 5.74) is 1.22. The van der Waals surface area contributed by atoms with Gasteiger partial charge in [-0.15, -0.1) is 0 Å². The molecule has 1 heterocycles. The van der Waals surface area contributed by atoms with Crippen LogP contribution in [0.5, 0.6) is 11.5 Å². The number of hydrogen-bond acceptors (Lipinski definition) is 4. The second-order valence-electron chi connectivity index (χ2n) is 5.52. The fraction of sp³-hybridized carbons (Fsp3) is 0.647. The maximum atomic E-state index is 5.88. The van der Waals surface area contributed by atoms with Crippen molar-refractivity contribution >= 4 is 0 Å². The number of likely N-dealkylation sites (tertiary alicyclic amines) is 1. The zero-order chi connectivity index (χ0) is 14.9. The summed E-state index contributed by atoms with van der Waals surface area (Å²) >= 11 is 0. The van der Waals surface area contributed by atoms with E-state index in [1.54, 1.807) is 7.11 Å². The standard InChI is InChI=1S/C17H28N2O2/c1-3-18-14-15-7-8-16(17(13-15)20-2)21-12-6-11-19-9-4-5-10-19/h7-8,13,18H,3-6,9-12,14H2,1-2H3. The van der Waals surface area contributed by atoms with E-state index >= 15 is 0 Å². The van der Waals surface area contributed by atoms with Gasteiger partial charge in [0.1, 0.15) is 0 Å². The van der Waals surface area contributed by atoms with Gasteiger partial charge in [0, 0.05) is 13.1 Å². The van der Waals surface area contributed by atoms with Gasteiger partial charge in [0.05, 0.1) is 13.7 Å². The van der Waals surface area contributed by atoms with Crippen LogP contribution < -0.4 is 14.8 Å². The van der Waals surface area contributed by atoms with Gasteiger partial charge >= 0.3 is 0 Å². The van der Waals surface area contributed by atoms with E-state index in [9.17, 15) is 0 Å². The van der Waals surface area contributed by atoms with Crippen LogP contribution in [0.3, 0.4) is 0 Å². The molecule has 0 unspecified atom stereocenters. The van der Waals surface area contributed by atoms with E-state index in [1.807, 2.05) is 6.07 Å². The zero-order valence-corrected chi connectivity index (χ0v) is 13.4. The third kappa shape index (κ3) is 5.21. The molecule has 0 spiro atoms. The first-order valence-electron chi connectivity index (χ1n) is 8.06. The molecule has 1 aliphatic rings. The van der Waals surface area contributed by atoms with Crippen molar-refractivity contribution in [2.45, 2.75) is 32.7 Å². The van der Waals surface area contributed by atoms with Gasteiger partial charge in [0.25, 0.3) is 0 Å². The molecule has 21 heavy (non-hydrogen) atoms.